The SMILES string of the molecule is Cc1cc(F)ccc1NC(=O)NC(C(F)(F)F)C(F)(F)F. The van der Waals surface area contributed by atoms with Crippen LogP contribution in [0, 0.1) is 12.7 Å². The first kappa shape index (κ1) is 17.1. The maximum Gasteiger partial charge on any atom is 0.417 e. The van der Waals surface area contributed by atoms with Crippen molar-refractivity contribution in [2.45, 2.75) is 25.3 Å². The molecule has 0 aliphatic rings. The Morgan fingerprint density at radius 1 is 1.10 bits per heavy atom. The highest BCUT2D eigenvalue weighted by atomic mass is 19.4. The van der Waals surface area contributed by atoms with Gasteiger partial charge in [-0.25, -0.2) is 9.18 Å². The molecule has 0 aromatic heterocycles. The first-order chi connectivity index (χ1) is 9.41. The number of benzene rings is 1. The number of carbonyl (C=O) groups is 1. The summed E-state index contributed by atoms with van der Waals surface area (Å²) in [5.74, 6) is -0.665. The molecule has 0 saturated carbocycles. The number of rotatable bonds is 2. The molecule has 0 fully saturated rings. The van der Waals surface area contributed by atoms with E-state index in [2.05, 4.69) is 0 Å². The van der Waals surface area contributed by atoms with Gasteiger partial charge in [0.15, 0.2) is 0 Å². The van der Waals surface area contributed by atoms with Gasteiger partial charge in [-0.15, -0.1) is 0 Å². The van der Waals surface area contributed by atoms with Crippen molar-refractivity contribution in [1.82, 2.24) is 5.32 Å². The number of urea groups is 1. The molecule has 2 amide bonds. The molecule has 0 saturated heterocycles. The third-order valence-corrected chi connectivity index (χ3v) is 2.37. The second-order valence-electron chi connectivity index (χ2n) is 4.07. The first-order valence-corrected chi connectivity index (χ1v) is 5.38. The van der Waals surface area contributed by atoms with Crippen molar-refractivity contribution in [2.75, 3.05) is 5.32 Å². The van der Waals surface area contributed by atoms with Crippen molar-refractivity contribution in [3.05, 3.63) is 29.6 Å². The van der Waals surface area contributed by atoms with E-state index in [1.807, 2.05) is 0 Å². The summed E-state index contributed by atoms with van der Waals surface area (Å²) in [4.78, 5) is 11.2. The van der Waals surface area contributed by atoms with Crippen LogP contribution in [0.2, 0.25) is 0 Å². The van der Waals surface area contributed by atoms with Crippen molar-refractivity contribution >= 4 is 11.7 Å². The molecule has 0 aliphatic heterocycles. The van der Waals surface area contributed by atoms with Crippen LogP contribution in [-0.4, -0.2) is 24.4 Å². The van der Waals surface area contributed by atoms with Crippen LogP contribution < -0.4 is 10.6 Å². The van der Waals surface area contributed by atoms with Crippen molar-refractivity contribution in [1.29, 1.82) is 0 Å². The highest BCUT2D eigenvalue weighted by molar-refractivity contribution is 5.90. The van der Waals surface area contributed by atoms with Crippen molar-refractivity contribution < 1.29 is 35.5 Å². The smallest absolute Gasteiger partial charge is 0.318 e. The lowest BCUT2D eigenvalue weighted by atomic mass is 10.2. The van der Waals surface area contributed by atoms with Gasteiger partial charge in [0.1, 0.15) is 5.82 Å². The summed E-state index contributed by atoms with van der Waals surface area (Å²) < 4.78 is 86.2. The van der Waals surface area contributed by atoms with Crippen LogP contribution in [0.5, 0.6) is 0 Å². The summed E-state index contributed by atoms with van der Waals surface area (Å²) >= 11 is 0. The van der Waals surface area contributed by atoms with Crippen molar-refractivity contribution in [3.63, 3.8) is 0 Å². The molecule has 2 N–H and O–H groups in total. The number of nitrogens with one attached hydrogen (secondary N) is 2. The quantitative estimate of drug-likeness (QED) is 0.801. The van der Waals surface area contributed by atoms with E-state index in [1.165, 1.54) is 6.92 Å². The highest BCUT2D eigenvalue weighted by Crippen LogP contribution is 2.33. The fraction of sp³-hybridized carbons (Fsp3) is 0.364. The monoisotopic (exact) mass is 318 g/mol. The molecule has 0 unspecified atom stereocenters. The van der Waals surface area contributed by atoms with Crippen LogP contribution in [0.1, 0.15) is 5.56 Å². The standard InChI is InChI=1S/C11H9F7N2O/c1-5-4-6(12)2-3-7(5)19-9(21)20-8(10(13,14)15)11(16,17)18/h2-4,8H,1H3,(H2,19,20,21). The minimum Gasteiger partial charge on any atom is -0.318 e. The van der Waals surface area contributed by atoms with Crippen LogP contribution in [0.3, 0.4) is 0 Å². The number of alkyl halides is 6. The Balaban J connectivity index is 2.84. The summed E-state index contributed by atoms with van der Waals surface area (Å²) in [5, 5.41) is 2.59. The molecule has 118 valence electrons. The van der Waals surface area contributed by atoms with Gasteiger partial charge >= 0.3 is 18.4 Å². The van der Waals surface area contributed by atoms with Gasteiger partial charge < -0.3 is 10.6 Å². The first-order valence-electron chi connectivity index (χ1n) is 5.38. The molecule has 21 heavy (non-hydrogen) atoms. The van der Waals surface area contributed by atoms with Gasteiger partial charge in [-0.05, 0) is 30.7 Å². The number of amides is 2. The number of anilines is 1. The lowest BCUT2D eigenvalue weighted by Crippen LogP contribution is -2.55. The highest BCUT2D eigenvalue weighted by Gasteiger charge is 2.57. The van der Waals surface area contributed by atoms with E-state index in [1.54, 1.807) is 5.32 Å². The number of hydrogen-bond donors (Lipinski definition) is 2. The molecule has 1 aromatic carbocycles. The third-order valence-electron chi connectivity index (χ3n) is 2.37. The summed E-state index contributed by atoms with van der Waals surface area (Å²) in [6, 6.07) is -2.83. The zero-order chi connectivity index (χ0) is 16.4. The van der Waals surface area contributed by atoms with Gasteiger partial charge in [0.2, 0.25) is 6.04 Å². The Morgan fingerprint density at radius 2 is 1.62 bits per heavy atom. The van der Waals surface area contributed by atoms with Crippen LogP contribution in [-0.2, 0) is 0 Å². The lowest BCUT2D eigenvalue weighted by Gasteiger charge is -2.24. The summed E-state index contributed by atoms with van der Waals surface area (Å²) in [7, 11) is 0. The summed E-state index contributed by atoms with van der Waals surface area (Å²) in [6.07, 6.45) is -11.4. The molecular formula is C11H9F7N2O. The normalized spacial score (nSPS) is 12.4. The Hall–Kier alpha value is -2.00. The second-order valence-corrected chi connectivity index (χ2v) is 4.07. The molecule has 10 heteroatoms. The van der Waals surface area contributed by atoms with Crippen LogP contribution >= 0.6 is 0 Å². The van der Waals surface area contributed by atoms with Gasteiger partial charge in [-0.3, -0.25) is 0 Å². The summed E-state index contributed by atoms with van der Waals surface area (Å²) in [6.45, 7) is 1.32. The molecule has 0 spiro atoms. The molecule has 0 bridgehead atoms. The maximum atomic E-state index is 12.8. The fourth-order valence-electron chi connectivity index (χ4n) is 1.41. The topological polar surface area (TPSA) is 41.1 Å². The Labute approximate surface area is 114 Å². The van der Waals surface area contributed by atoms with Crippen LogP contribution in [0.15, 0.2) is 18.2 Å². The van der Waals surface area contributed by atoms with E-state index in [0.29, 0.717) is 0 Å². The van der Waals surface area contributed by atoms with Gasteiger partial charge in [0, 0.05) is 5.69 Å². The molecule has 0 aliphatic carbocycles. The van der Waals surface area contributed by atoms with E-state index in [4.69, 9.17) is 0 Å². The average molecular weight is 318 g/mol. The van der Waals surface area contributed by atoms with Crippen molar-refractivity contribution in [2.24, 2.45) is 0 Å². The second kappa shape index (κ2) is 5.78. The Kier molecular flexibility index (Phi) is 4.69. The fourth-order valence-corrected chi connectivity index (χ4v) is 1.41. The average Bonchev–Trinajstić information content (AvgIpc) is 2.27. The van der Waals surface area contributed by atoms with E-state index in [0.717, 1.165) is 23.5 Å². The number of hydrogen-bond acceptors (Lipinski definition) is 1. The minimum atomic E-state index is -5.69. The number of carbonyl (C=O) groups excluding carboxylic acids is 1. The zero-order valence-electron chi connectivity index (χ0n) is 10.4. The van der Waals surface area contributed by atoms with Crippen LogP contribution in [0.25, 0.3) is 0 Å². The van der Waals surface area contributed by atoms with Crippen molar-refractivity contribution in [3.8, 4) is 0 Å². The zero-order valence-corrected chi connectivity index (χ0v) is 10.4. The lowest BCUT2D eigenvalue weighted by molar-refractivity contribution is -0.255. The van der Waals surface area contributed by atoms with E-state index in [-0.39, 0.29) is 11.3 Å². The molecular weight excluding hydrogens is 309 g/mol. The summed E-state index contributed by atoms with van der Waals surface area (Å²) in [5.41, 5.74) is 0.0257. The van der Waals surface area contributed by atoms with Gasteiger partial charge in [0.05, 0.1) is 0 Å². The predicted octanol–water partition coefficient (Wildman–Crippen LogP) is 3.75. The Morgan fingerprint density at radius 3 is 2.05 bits per heavy atom. The van der Waals surface area contributed by atoms with E-state index in [9.17, 15) is 35.5 Å². The van der Waals surface area contributed by atoms with Gasteiger partial charge in [-0.1, -0.05) is 0 Å². The van der Waals surface area contributed by atoms with Gasteiger partial charge in [-0.2, -0.15) is 26.3 Å². The minimum absolute atomic E-state index is 0.114. The molecule has 1 aromatic rings. The molecule has 0 heterocycles. The maximum absolute atomic E-state index is 12.8. The third kappa shape index (κ3) is 4.80. The number of aryl methyl sites for hydroxylation is 1. The van der Waals surface area contributed by atoms with E-state index < -0.39 is 30.2 Å². The Bertz CT molecular complexity index is 510. The molecule has 1 rings (SSSR count). The molecule has 0 atom stereocenters. The van der Waals surface area contributed by atoms with E-state index >= 15 is 0 Å². The molecule has 0 radical (unpaired) electrons. The largest absolute Gasteiger partial charge is 0.417 e. The van der Waals surface area contributed by atoms with Gasteiger partial charge in [0.25, 0.3) is 0 Å². The number of halogens is 7. The predicted molar refractivity (Wildman–Crippen MR) is 59.2 cm³/mol. The molecule has 3 nitrogen and oxygen atoms in total. The van der Waals surface area contributed by atoms with Crippen LogP contribution in [0.4, 0.5) is 41.2 Å².